The van der Waals surface area contributed by atoms with Crippen molar-refractivity contribution in [2.24, 2.45) is 0 Å². The van der Waals surface area contributed by atoms with Gasteiger partial charge in [-0.1, -0.05) is 32.6 Å². The summed E-state index contributed by atoms with van der Waals surface area (Å²) in [6.45, 7) is 2.13. The molecule has 0 saturated carbocycles. The second-order valence-electron chi connectivity index (χ2n) is 4.64. The van der Waals surface area contributed by atoms with Gasteiger partial charge in [0.15, 0.2) is 9.84 Å². The summed E-state index contributed by atoms with van der Waals surface area (Å²) in [5.74, 6) is 0.491. The van der Waals surface area contributed by atoms with E-state index in [0.717, 1.165) is 25.7 Å². The number of hydrogen-bond donors (Lipinski definition) is 1. The summed E-state index contributed by atoms with van der Waals surface area (Å²) in [5.41, 5.74) is 6.13. The van der Waals surface area contributed by atoms with Gasteiger partial charge in [-0.25, -0.2) is 8.42 Å². The monoisotopic (exact) mass is 285 g/mol. The van der Waals surface area contributed by atoms with E-state index in [2.05, 4.69) is 6.92 Å². The molecule has 108 valence electrons. The summed E-state index contributed by atoms with van der Waals surface area (Å²) < 4.78 is 29.6. The fourth-order valence-electron chi connectivity index (χ4n) is 1.95. The van der Waals surface area contributed by atoms with Gasteiger partial charge in [-0.3, -0.25) is 0 Å². The van der Waals surface area contributed by atoms with Crippen molar-refractivity contribution in [3.05, 3.63) is 18.2 Å². The summed E-state index contributed by atoms with van der Waals surface area (Å²) in [7, 11) is -1.83. The first kappa shape index (κ1) is 15.8. The van der Waals surface area contributed by atoms with Crippen LogP contribution in [0, 0.1) is 0 Å². The zero-order chi connectivity index (χ0) is 14.3. The van der Waals surface area contributed by atoms with Crippen molar-refractivity contribution < 1.29 is 13.2 Å². The highest BCUT2D eigenvalue weighted by molar-refractivity contribution is 7.91. The largest absolute Gasteiger partial charge is 0.495 e. The van der Waals surface area contributed by atoms with Crippen LogP contribution in [0.4, 0.5) is 5.69 Å². The van der Waals surface area contributed by atoms with Crippen molar-refractivity contribution in [3.63, 3.8) is 0 Å². The molecule has 4 nitrogen and oxygen atoms in total. The Morgan fingerprint density at radius 1 is 1.16 bits per heavy atom. The van der Waals surface area contributed by atoms with Gasteiger partial charge >= 0.3 is 0 Å². The molecule has 5 heteroatoms. The lowest BCUT2D eigenvalue weighted by Gasteiger charge is -2.10. The SMILES string of the molecule is CCCCCCCS(=O)(=O)c1ccc(N)cc1OC. The molecule has 0 aliphatic heterocycles. The predicted molar refractivity (Wildman–Crippen MR) is 78.2 cm³/mol. The zero-order valence-electron chi connectivity index (χ0n) is 11.7. The Balaban J connectivity index is 2.72. The molecule has 0 radical (unpaired) electrons. The van der Waals surface area contributed by atoms with E-state index in [1.165, 1.54) is 13.2 Å². The summed E-state index contributed by atoms with van der Waals surface area (Å²) in [4.78, 5) is 0.236. The van der Waals surface area contributed by atoms with Gasteiger partial charge in [-0.15, -0.1) is 0 Å². The molecule has 1 aromatic rings. The van der Waals surface area contributed by atoms with Crippen LogP contribution in [0.5, 0.6) is 5.75 Å². The van der Waals surface area contributed by atoms with Gasteiger partial charge in [0.1, 0.15) is 10.6 Å². The molecule has 1 rings (SSSR count). The second-order valence-corrected chi connectivity index (χ2v) is 6.72. The van der Waals surface area contributed by atoms with E-state index in [-0.39, 0.29) is 10.6 Å². The number of nitrogen functional groups attached to an aromatic ring is 1. The predicted octanol–water partition coefficient (Wildman–Crippen LogP) is 3.02. The third-order valence-electron chi connectivity index (χ3n) is 3.04. The highest BCUT2D eigenvalue weighted by Crippen LogP contribution is 2.27. The van der Waals surface area contributed by atoms with Crippen LogP contribution in [0.3, 0.4) is 0 Å². The Bertz CT molecular complexity index is 497. The van der Waals surface area contributed by atoms with Crippen molar-refractivity contribution in [3.8, 4) is 5.75 Å². The van der Waals surface area contributed by atoms with Gasteiger partial charge < -0.3 is 10.5 Å². The van der Waals surface area contributed by atoms with Crippen molar-refractivity contribution in [2.75, 3.05) is 18.6 Å². The molecule has 0 aromatic heterocycles. The van der Waals surface area contributed by atoms with Gasteiger partial charge in [-0.2, -0.15) is 0 Å². The first-order valence-corrected chi connectivity index (χ1v) is 8.32. The molecule has 0 spiro atoms. The Labute approximate surface area is 115 Å². The molecule has 0 amide bonds. The highest BCUT2D eigenvalue weighted by Gasteiger charge is 2.19. The normalized spacial score (nSPS) is 11.5. The number of unbranched alkanes of at least 4 members (excludes halogenated alkanes) is 4. The molecular weight excluding hydrogens is 262 g/mol. The Morgan fingerprint density at radius 3 is 2.47 bits per heavy atom. The van der Waals surface area contributed by atoms with Crippen LogP contribution in [0.15, 0.2) is 23.1 Å². The molecule has 0 bridgehead atoms. The van der Waals surface area contributed by atoms with Gasteiger partial charge in [-0.05, 0) is 18.6 Å². The number of benzene rings is 1. The Hall–Kier alpha value is -1.23. The lowest BCUT2D eigenvalue weighted by Crippen LogP contribution is -2.09. The fourth-order valence-corrected chi connectivity index (χ4v) is 3.47. The lowest BCUT2D eigenvalue weighted by atomic mass is 10.2. The Kier molecular flexibility index (Phi) is 6.15. The summed E-state index contributed by atoms with van der Waals surface area (Å²) in [5, 5.41) is 0. The summed E-state index contributed by atoms with van der Waals surface area (Å²) in [6, 6.07) is 4.66. The maximum absolute atomic E-state index is 12.2. The van der Waals surface area contributed by atoms with Crippen LogP contribution < -0.4 is 10.5 Å². The molecule has 0 saturated heterocycles. The fraction of sp³-hybridized carbons (Fsp3) is 0.571. The number of rotatable bonds is 8. The van der Waals surface area contributed by atoms with Gasteiger partial charge in [0, 0.05) is 11.8 Å². The van der Waals surface area contributed by atoms with E-state index >= 15 is 0 Å². The van der Waals surface area contributed by atoms with E-state index in [1.807, 2.05) is 0 Å². The molecule has 19 heavy (non-hydrogen) atoms. The quantitative estimate of drug-likeness (QED) is 0.589. The first-order chi connectivity index (χ1) is 9.01. The minimum Gasteiger partial charge on any atom is -0.495 e. The van der Waals surface area contributed by atoms with Gasteiger partial charge in [0.25, 0.3) is 0 Å². The standard InChI is InChI=1S/C14H23NO3S/c1-3-4-5-6-7-10-19(16,17)14-9-8-12(15)11-13(14)18-2/h8-9,11H,3-7,10,15H2,1-2H3. The van der Waals surface area contributed by atoms with E-state index < -0.39 is 9.84 Å². The van der Waals surface area contributed by atoms with Crippen molar-refractivity contribution in [1.82, 2.24) is 0 Å². The minimum atomic E-state index is -3.29. The summed E-state index contributed by atoms with van der Waals surface area (Å²) >= 11 is 0. The molecule has 0 fully saturated rings. The summed E-state index contributed by atoms with van der Waals surface area (Å²) in [6.07, 6.45) is 5.04. The number of nitrogens with two attached hydrogens (primary N) is 1. The molecule has 0 aliphatic carbocycles. The maximum Gasteiger partial charge on any atom is 0.182 e. The van der Waals surface area contributed by atoms with E-state index in [0.29, 0.717) is 17.9 Å². The van der Waals surface area contributed by atoms with E-state index in [1.54, 1.807) is 12.1 Å². The molecule has 1 aromatic carbocycles. The highest BCUT2D eigenvalue weighted by atomic mass is 32.2. The molecule has 2 N–H and O–H groups in total. The van der Waals surface area contributed by atoms with Crippen molar-refractivity contribution in [1.29, 1.82) is 0 Å². The van der Waals surface area contributed by atoms with Gasteiger partial charge in [0.05, 0.1) is 12.9 Å². The topological polar surface area (TPSA) is 69.4 Å². The third kappa shape index (κ3) is 4.74. The first-order valence-electron chi connectivity index (χ1n) is 6.67. The van der Waals surface area contributed by atoms with Crippen LogP contribution in [0.25, 0.3) is 0 Å². The lowest BCUT2D eigenvalue weighted by molar-refractivity contribution is 0.403. The van der Waals surface area contributed by atoms with Crippen molar-refractivity contribution >= 4 is 15.5 Å². The molecular formula is C14H23NO3S. The van der Waals surface area contributed by atoms with Crippen LogP contribution in [0.1, 0.15) is 39.0 Å². The third-order valence-corrected chi connectivity index (χ3v) is 4.87. The number of sulfone groups is 1. The molecule has 0 unspecified atom stereocenters. The maximum atomic E-state index is 12.2. The van der Waals surface area contributed by atoms with Gasteiger partial charge in [0.2, 0.25) is 0 Å². The molecule has 0 aliphatic rings. The second kappa shape index (κ2) is 7.38. The molecule has 0 heterocycles. The average molecular weight is 285 g/mol. The number of hydrogen-bond acceptors (Lipinski definition) is 4. The van der Waals surface area contributed by atoms with Crippen LogP contribution in [-0.4, -0.2) is 21.3 Å². The number of ether oxygens (including phenoxy) is 1. The van der Waals surface area contributed by atoms with Crippen LogP contribution in [0.2, 0.25) is 0 Å². The number of anilines is 1. The van der Waals surface area contributed by atoms with Crippen LogP contribution in [-0.2, 0) is 9.84 Å². The minimum absolute atomic E-state index is 0.164. The van der Waals surface area contributed by atoms with E-state index in [4.69, 9.17) is 10.5 Å². The van der Waals surface area contributed by atoms with Crippen LogP contribution >= 0.6 is 0 Å². The zero-order valence-corrected chi connectivity index (χ0v) is 12.5. The smallest absolute Gasteiger partial charge is 0.182 e. The van der Waals surface area contributed by atoms with E-state index in [9.17, 15) is 8.42 Å². The molecule has 0 atom stereocenters. The number of methoxy groups -OCH3 is 1. The average Bonchev–Trinajstić information content (AvgIpc) is 2.38. The van der Waals surface area contributed by atoms with Crippen molar-refractivity contribution in [2.45, 2.75) is 43.9 Å². The Morgan fingerprint density at radius 2 is 1.84 bits per heavy atom.